The highest BCUT2D eigenvalue weighted by atomic mass is 16.5. The van der Waals surface area contributed by atoms with E-state index in [0.717, 1.165) is 36.7 Å². The zero-order chi connectivity index (χ0) is 15.4. The van der Waals surface area contributed by atoms with Gasteiger partial charge in [-0.25, -0.2) is 0 Å². The molecule has 0 aromatic heterocycles. The quantitative estimate of drug-likeness (QED) is 0.777. The van der Waals surface area contributed by atoms with Crippen LogP contribution in [0.1, 0.15) is 6.42 Å². The highest BCUT2D eigenvalue weighted by molar-refractivity contribution is 5.87. The van der Waals surface area contributed by atoms with Crippen LogP contribution in [-0.4, -0.2) is 51.2 Å². The van der Waals surface area contributed by atoms with Crippen molar-refractivity contribution in [2.75, 3.05) is 39.3 Å². The first-order chi connectivity index (χ1) is 10.1. The summed E-state index contributed by atoms with van der Waals surface area (Å²) < 4.78 is 10.6. The number of carbonyl (C=O) groups is 1. The fourth-order valence-electron chi connectivity index (χ4n) is 2.59. The van der Waals surface area contributed by atoms with E-state index in [0.29, 0.717) is 0 Å². The third kappa shape index (κ3) is 3.29. The molecule has 114 valence electrons. The first-order valence-corrected chi connectivity index (χ1v) is 6.96. The Bertz CT molecular complexity index is 508. The molecule has 0 aliphatic carbocycles. The van der Waals surface area contributed by atoms with Crippen molar-refractivity contribution in [3.05, 3.63) is 30.9 Å². The minimum absolute atomic E-state index is 0.0370. The Hall–Kier alpha value is -2.17. The lowest BCUT2D eigenvalue weighted by Crippen LogP contribution is -2.38. The molecule has 1 atom stereocenters. The van der Waals surface area contributed by atoms with Gasteiger partial charge in [-0.15, -0.1) is 0 Å². The number of rotatable bonds is 5. The molecular weight excluding hydrogens is 268 g/mol. The number of methoxy groups -OCH3 is 2. The zero-order valence-corrected chi connectivity index (χ0v) is 12.8. The van der Waals surface area contributed by atoms with Crippen LogP contribution < -0.4 is 14.4 Å². The number of hydrogen-bond donors (Lipinski definition) is 0. The second-order valence-electron chi connectivity index (χ2n) is 5.11. The normalized spacial score (nSPS) is 17.5. The maximum atomic E-state index is 11.7. The average molecular weight is 290 g/mol. The van der Waals surface area contributed by atoms with Gasteiger partial charge >= 0.3 is 0 Å². The fraction of sp³-hybridized carbons (Fsp3) is 0.438. The predicted molar refractivity (Wildman–Crippen MR) is 83.1 cm³/mol. The van der Waals surface area contributed by atoms with E-state index < -0.39 is 0 Å². The molecule has 2 rings (SSSR count). The maximum absolute atomic E-state index is 11.7. The number of amides is 1. The van der Waals surface area contributed by atoms with E-state index >= 15 is 0 Å². The number of anilines is 1. The van der Waals surface area contributed by atoms with Crippen LogP contribution in [-0.2, 0) is 4.79 Å². The second-order valence-corrected chi connectivity index (χ2v) is 5.11. The minimum atomic E-state index is -0.0370. The molecular formula is C16H22N2O3. The van der Waals surface area contributed by atoms with Gasteiger partial charge in [0.1, 0.15) is 11.5 Å². The van der Waals surface area contributed by atoms with Gasteiger partial charge in [-0.2, -0.15) is 0 Å². The number of nitrogens with zero attached hydrogens (tertiary/aromatic N) is 2. The highest BCUT2D eigenvalue weighted by Gasteiger charge is 2.28. The summed E-state index contributed by atoms with van der Waals surface area (Å²) in [6.45, 7) is 5.23. The van der Waals surface area contributed by atoms with E-state index in [1.165, 1.54) is 6.08 Å². The van der Waals surface area contributed by atoms with Gasteiger partial charge in [-0.3, -0.25) is 4.79 Å². The molecule has 1 fully saturated rings. The van der Waals surface area contributed by atoms with Crippen molar-refractivity contribution < 1.29 is 14.3 Å². The van der Waals surface area contributed by atoms with Crippen LogP contribution in [0.3, 0.4) is 0 Å². The molecule has 1 saturated heterocycles. The van der Waals surface area contributed by atoms with Gasteiger partial charge in [-0.05, 0) is 12.5 Å². The van der Waals surface area contributed by atoms with E-state index in [9.17, 15) is 4.79 Å². The molecule has 0 bridgehead atoms. The van der Waals surface area contributed by atoms with Crippen molar-refractivity contribution in [3.8, 4) is 11.5 Å². The van der Waals surface area contributed by atoms with Crippen molar-refractivity contribution in [3.63, 3.8) is 0 Å². The molecule has 1 unspecified atom stereocenters. The molecule has 1 aromatic rings. The molecule has 1 aliphatic rings. The van der Waals surface area contributed by atoms with Crippen LogP contribution in [0.4, 0.5) is 5.69 Å². The zero-order valence-electron chi connectivity index (χ0n) is 12.8. The number of ether oxygens (including phenoxy) is 2. The van der Waals surface area contributed by atoms with Gasteiger partial charge in [-0.1, -0.05) is 6.58 Å². The molecule has 5 heteroatoms. The fourth-order valence-corrected chi connectivity index (χ4v) is 2.59. The second kappa shape index (κ2) is 6.52. The van der Waals surface area contributed by atoms with Crippen molar-refractivity contribution in [1.82, 2.24) is 4.90 Å². The number of carbonyl (C=O) groups excluding carboxylic acids is 1. The van der Waals surface area contributed by atoms with Gasteiger partial charge < -0.3 is 19.3 Å². The van der Waals surface area contributed by atoms with Crippen LogP contribution in [0.15, 0.2) is 30.9 Å². The summed E-state index contributed by atoms with van der Waals surface area (Å²) in [5.74, 6) is 1.50. The third-order valence-electron chi connectivity index (χ3n) is 3.93. The Kier molecular flexibility index (Phi) is 4.73. The van der Waals surface area contributed by atoms with Crippen LogP contribution in [0.2, 0.25) is 0 Å². The van der Waals surface area contributed by atoms with Crippen LogP contribution >= 0.6 is 0 Å². The monoisotopic (exact) mass is 290 g/mol. The molecule has 5 nitrogen and oxygen atoms in total. The Morgan fingerprint density at radius 1 is 1.33 bits per heavy atom. The van der Waals surface area contributed by atoms with Gasteiger partial charge in [0.15, 0.2) is 0 Å². The van der Waals surface area contributed by atoms with Gasteiger partial charge in [0, 0.05) is 44.0 Å². The molecule has 1 amide bonds. The Morgan fingerprint density at radius 3 is 2.48 bits per heavy atom. The van der Waals surface area contributed by atoms with Crippen molar-refractivity contribution in [1.29, 1.82) is 0 Å². The first-order valence-electron chi connectivity index (χ1n) is 6.96. The van der Waals surface area contributed by atoms with E-state index in [2.05, 4.69) is 11.5 Å². The maximum Gasteiger partial charge on any atom is 0.246 e. The smallest absolute Gasteiger partial charge is 0.246 e. The topological polar surface area (TPSA) is 42.0 Å². The molecule has 1 aromatic carbocycles. The molecule has 21 heavy (non-hydrogen) atoms. The van der Waals surface area contributed by atoms with Crippen LogP contribution in [0.5, 0.6) is 11.5 Å². The molecule has 0 saturated carbocycles. The Morgan fingerprint density at radius 2 is 1.95 bits per heavy atom. The lowest BCUT2D eigenvalue weighted by atomic mass is 10.2. The largest absolute Gasteiger partial charge is 0.497 e. The molecule has 0 radical (unpaired) electrons. The summed E-state index contributed by atoms with van der Waals surface area (Å²) in [5.41, 5.74) is 1.05. The first kappa shape index (κ1) is 15.2. The molecule has 0 N–H and O–H groups in total. The third-order valence-corrected chi connectivity index (χ3v) is 3.93. The summed E-state index contributed by atoms with van der Waals surface area (Å²) in [7, 11) is 5.11. The minimum Gasteiger partial charge on any atom is -0.497 e. The predicted octanol–water partition coefficient (Wildman–Crippen LogP) is 1.93. The van der Waals surface area contributed by atoms with Gasteiger partial charge in [0.05, 0.1) is 20.3 Å². The number of benzene rings is 1. The van der Waals surface area contributed by atoms with Gasteiger partial charge in [0.25, 0.3) is 0 Å². The summed E-state index contributed by atoms with van der Waals surface area (Å²) in [6.07, 6.45) is 2.30. The van der Waals surface area contributed by atoms with Crippen LogP contribution in [0.25, 0.3) is 0 Å². The highest BCUT2D eigenvalue weighted by Crippen LogP contribution is 2.31. The van der Waals surface area contributed by atoms with Crippen molar-refractivity contribution in [2.45, 2.75) is 12.5 Å². The molecule has 1 aliphatic heterocycles. The van der Waals surface area contributed by atoms with E-state index in [-0.39, 0.29) is 11.9 Å². The summed E-state index contributed by atoms with van der Waals surface area (Å²) in [5, 5.41) is 0. The van der Waals surface area contributed by atoms with E-state index in [1.54, 1.807) is 19.1 Å². The molecule has 0 spiro atoms. The van der Waals surface area contributed by atoms with Crippen LogP contribution in [0, 0.1) is 0 Å². The summed E-state index contributed by atoms with van der Waals surface area (Å²) >= 11 is 0. The number of hydrogen-bond acceptors (Lipinski definition) is 4. The van der Waals surface area contributed by atoms with Gasteiger partial charge in [0.2, 0.25) is 5.91 Å². The average Bonchev–Trinajstić information content (AvgIpc) is 3.02. The standard InChI is InChI=1S/C16H22N2O3/c1-5-16(19)17(2)12-6-7-18(11-12)13-8-14(20-3)10-15(9-13)21-4/h5,8-10,12H,1,6-7,11H2,2-4H3. The number of likely N-dealkylation sites (N-methyl/N-ethyl adjacent to an activating group) is 1. The van der Waals surface area contributed by atoms with E-state index in [4.69, 9.17) is 9.47 Å². The van der Waals surface area contributed by atoms with E-state index in [1.807, 2.05) is 25.2 Å². The van der Waals surface area contributed by atoms with Crippen molar-refractivity contribution >= 4 is 11.6 Å². The molecule has 1 heterocycles. The lowest BCUT2D eigenvalue weighted by Gasteiger charge is -2.25. The Balaban J connectivity index is 2.14. The SMILES string of the molecule is C=CC(=O)N(C)C1CCN(c2cc(OC)cc(OC)c2)C1. The Labute approximate surface area is 125 Å². The lowest BCUT2D eigenvalue weighted by molar-refractivity contribution is -0.126. The summed E-state index contributed by atoms with van der Waals surface area (Å²) in [4.78, 5) is 15.7. The summed E-state index contributed by atoms with van der Waals surface area (Å²) in [6, 6.07) is 6.03. The van der Waals surface area contributed by atoms with Crippen molar-refractivity contribution in [2.24, 2.45) is 0 Å².